The third-order valence-electron chi connectivity index (χ3n) is 3.51. The normalized spacial score (nSPS) is 14.6. The molecule has 0 heterocycles. The summed E-state index contributed by atoms with van der Waals surface area (Å²) in [5.74, 6) is -2.70. The van der Waals surface area contributed by atoms with Crippen molar-refractivity contribution >= 4 is 6.16 Å². The van der Waals surface area contributed by atoms with Gasteiger partial charge in [-0.05, 0) is 51.4 Å². The molecule has 7 heteroatoms. The highest BCUT2D eigenvalue weighted by Gasteiger charge is 2.36. The number of carbonyl (C=O) groups is 1. The summed E-state index contributed by atoms with van der Waals surface area (Å²) in [5.41, 5.74) is -1.01. The molecule has 0 aliphatic heterocycles. The van der Waals surface area contributed by atoms with E-state index >= 15 is 0 Å². The summed E-state index contributed by atoms with van der Waals surface area (Å²) in [6, 6.07) is 0. The predicted octanol–water partition coefficient (Wildman–Crippen LogP) is 6.94. The molecule has 0 aromatic carbocycles. The van der Waals surface area contributed by atoms with Crippen LogP contribution in [0.2, 0.25) is 0 Å². The Morgan fingerprint density at radius 3 is 1.00 bits per heavy atom. The van der Waals surface area contributed by atoms with E-state index in [-0.39, 0.29) is 10.8 Å². The molecule has 0 unspecified atom stereocenters. The van der Waals surface area contributed by atoms with E-state index in [1.807, 2.05) is 27.7 Å². The first-order valence-corrected chi connectivity index (χ1v) is 10.6. The molecule has 0 aromatic heterocycles. The smallest absolute Gasteiger partial charge is 0.399 e. The van der Waals surface area contributed by atoms with E-state index in [2.05, 4.69) is 41.5 Å². The molecule has 0 atom stereocenters. The number of ether oxygens (including phenoxy) is 2. The first-order chi connectivity index (χ1) is 12.9. The summed E-state index contributed by atoms with van der Waals surface area (Å²) in [6.45, 7) is 26.6. The fraction of sp³-hybridized carbons (Fsp3) is 0.957. The van der Waals surface area contributed by atoms with E-state index in [4.69, 9.17) is 29.0 Å². The molecule has 0 aliphatic rings. The van der Waals surface area contributed by atoms with Gasteiger partial charge in [0.05, 0.1) is 11.2 Å². The maximum Gasteiger partial charge on any atom is 0.513 e. The lowest BCUT2D eigenvalue weighted by Crippen LogP contribution is -2.41. The van der Waals surface area contributed by atoms with Crippen molar-refractivity contribution in [2.75, 3.05) is 0 Å². The monoisotopic (exact) mass is 434 g/mol. The van der Waals surface area contributed by atoms with Crippen molar-refractivity contribution < 1.29 is 33.8 Å². The fourth-order valence-electron chi connectivity index (χ4n) is 3.50. The molecule has 0 fully saturated rings. The molecule has 30 heavy (non-hydrogen) atoms. The average Bonchev–Trinajstić information content (AvgIpc) is 2.37. The van der Waals surface area contributed by atoms with Gasteiger partial charge in [0, 0.05) is 27.7 Å². The Balaban J connectivity index is 4.70. The summed E-state index contributed by atoms with van der Waals surface area (Å²) >= 11 is 0. The van der Waals surface area contributed by atoms with Crippen LogP contribution < -0.4 is 0 Å². The highest BCUT2D eigenvalue weighted by Crippen LogP contribution is 2.32. The molecular formula is C23H46O7. The van der Waals surface area contributed by atoms with Gasteiger partial charge < -0.3 is 9.47 Å². The second kappa shape index (κ2) is 9.72. The van der Waals surface area contributed by atoms with Gasteiger partial charge in [-0.3, -0.25) is 0 Å². The van der Waals surface area contributed by atoms with Crippen LogP contribution in [-0.2, 0) is 29.0 Å². The molecule has 0 N–H and O–H groups in total. The minimum Gasteiger partial charge on any atom is -0.399 e. The van der Waals surface area contributed by atoms with Crippen molar-refractivity contribution in [1.82, 2.24) is 0 Å². The number of carbonyl (C=O) groups excluding carboxylic acids is 1. The van der Waals surface area contributed by atoms with Gasteiger partial charge in [0.2, 0.25) is 11.6 Å². The second-order valence-corrected chi connectivity index (χ2v) is 12.6. The van der Waals surface area contributed by atoms with Gasteiger partial charge >= 0.3 is 6.16 Å². The van der Waals surface area contributed by atoms with Crippen LogP contribution >= 0.6 is 0 Å². The fourth-order valence-corrected chi connectivity index (χ4v) is 3.50. The first-order valence-electron chi connectivity index (χ1n) is 10.6. The zero-order valence-corrected chi connectivity index (χ0v) is 21.8. The van der Waals surface area contributed by atoms with Crippen LogP contribution in [0.15, 0.2) is 0 Å². The maximum absolute atomic E-state index is 12.3. The van der Waals surface area contributed by atoms with E-state index < -0.39 is 28.9 Å². The van der Waals surface area contributed by atoms with Crippen LogP contribution in [-0.4, -0.2) is 28.9 Å². The molecular weight excluding hydrogens is 388 g/mol. The van der Waals surface area contributed by atoms with E-state index in [1.165, 1.54) is 0 Å². The average molecular weight is 435 g/mol. The molecule has 0 aromatic rings. The quantitative estimate of drug-likeness (QED) is 0.160. The van der Waals surface area contributed by atoms with E-state index in [1.54, 1.807) is 27.7 Å². The number of rotatable bonds is 10. The molecule has 7 nitrogen and oxygen atoms in total. The van der Waals surface area contributed by atoms with Crippen LogP contribution in [0.3, 0.4) is 0 Å². The highest BCUT2D eigenvalue weighted by molar-refractivity contribution is 5.60. The van der Waals surface area contributed by atoms with Crippen LogP contribution in [0.1, 0.15) is 110 Å². The van der Waals surface area contributed by atoms with Gasteiger partial charge in [-0.2, -0.15) is 9.78 Å². The summed E-state index contributed by atoms with van der Waals surface area (Å²) in [4.78, 5) is 34.2. The lowest BCUT2D eigenvalue weighted by atomic mass is 9.84. The van der Waals surface area contributed by atoms with Crippen LogP contribution in [0, 0.1) is 10.8 Å². The molecule has 0 saturated carbocycles. The van der Waals surface area contributed by atoms with Gasteiger partial charge in [0.25, 0.3) is 0 Å². The minimum absolute atomic E-state index is 0.0545. The van der Waals surface area contributed by atoms with Crippen LogP contribution in [0.25, 0.3) is 0 Å². The van der Waals surface area contributed by atoms with Crippen molar-refractivity contribution in [1.29, 1.82) is 0 Å². The van der Waals surface area contributed by atoms with Crippen LogP contribution in [0.5, 0.6) is 0 Å². The van der Waals surface area contributed by atoms with Gasteiger partial charge in [0.1, 0.15) is 0 Å². The van der Waals surface area contributed by atoms with Gasteiger partial charge in [-0.15, -0.1) is 0 Å². The Labute approximate surface area is 183 Å². The lowest BCUT2D eigenvalue weighted by molar-refractivity contribution is -0.459. The third kappa shape index (κ3) is 15.0. The molecule has 0 saturated heterocycles. The summed E-state index contributed by atoms with van der Waals surface area (Å²) < 4.78 is 10.5. The molecule has 0 aliphatic carbocycles. The number of hydrogen-bond donors (Lipinski definition) is 0. The topological polar surface area (TPSA) is 72.5 Å². The zero-order valence-electron chi connectivity index (χ0n) is 21.8. The Morgan fingerprint density at radius 2 is 0.767 bits per heavy atom. The third-order valence-corrected chi connectivity index (χ3v) is 3.51. The molecule has 0 spiro atoms. The van der Waals surface area contributed by atoms with Crippen molar-refractivity contribution in [2.45, 2.75) is 133 Å². The zero-order chi connectivity index (χ0) is 24.2. The predicted molar refractivity (Wildman–Crippen MR) is 116 cm³/mol. The Bertz CT molecular complexity index is 501. The second-order valence-electron chi connectivity index (χ2n) is 12.6. The minimum atomic E-state index is -1.35. The highest BCUT2D eigenvalue weighted by atomic mass is 17.3. The SMILES string of the molecule is CC(C)(C)CC(C)(C)OOC(C)(C)OC(=O)OC(C)(C)OOC(C)(C)CC(C)(C)C. The summed E-state index contributed by atoms with van der Waals surface area (Å²) in [6.07, 6.45) is 0.547. The van der Waals surface area contributed by atoms with Crippen molar-refractivity contribution in [3.05, 3.63) is 0 Å². The van der Waals surface area contributed by atoms with E-state index in [0.717, 1.165) is 12.8 Å². The summed E-state index contributed by atoms with van der Waals surface area (Å²) in [5, 5.41) is 0. The Kier molecular flexibility index (Phi) is 9.43. The molecule has 0 bridgehead atoms. The number of hydrogen-bond acceptors (Lipinski definition) is 7. The molecule has 0 radical (unpaired) electrons. The molecule has 0 rings (SSSR count). The largest absolute Gasteiger partial charge is 0.513 e. The van der Waals surface area contributed by atoms with E-state index in [9.17, 15) is 4.79 Å². The van der Waals surface area contributed by atoms with Gasteiger partial charge in [-0.25, -0.2) is 14.6 Å². The van der Waals surface area contributed by atoms with Gasteiger partial charge in [0.15, 0.2) is 0 Å². The Hall–Kier alpha value is -0.890. The molecule has 0 amide bonds. The maximum atomic E-state index is 12.3. The standard InChI is InChI=1S/C23H46O7/c1-18(2,3)15-20(7,8)27-29-22(11,12)25-17(24)26-23(13,14)30-28-21(9,10)16-19(4,5)6/h15-16H2,1-14H3. The first kappa shape index (κ1) is 29.1. The Morgan fingerprint density at radius 1 is 0.500 bits per heavy atom. The lowest BCUT2D eigenvalue weighted by Gasteiger charge is -2.35. The van der Waals surface area contributed by atoms with Gasteiger partial charge in [-0.1, -0.05) is 41.5 Å². The van der Waals surface area contributed by atoms with Crippen molar-refractivity contribution in [2.24, 2.45) is 10.8 Å². The van der Waals surface area contributed by atoms with Crippen LogP contribution in [0.4, 0.5) is 4.79 Å². The van der Waals surface area contributed by atoms with Crippen molar-refractivity contribution in [3.63, 3.8) is 0 Å². The van der Waals surface area contributed by atoms with Crippen molar-refractivity contribution in [3.8, 4) is 0 Å². The molecule has 180 valence electrons. The summed E-state index contributed by atoms with van der Waals surface area (Å²) in [7, 11) is 0. The van der Waals surface area contributed by atoms with E-state index in [0.29, 0.717) is 0 Å².